The molecule has 0 N–H and O–H groups in total. The van der Waals surface area contributed by atoms with Crippen molar-refractivity contribution in [2.75, 3.05) is 43.2 Å². The second kappa shape index (κ2) is 7.23. The van der Waals surface area contributed by atoms with E-state index in [-0.39, 0.29) is 5.82 Å². The molecule has 122 valence electrons. The van der Waals surface area contributed by atoms with E-state index >= 15 is 0 Å². The third kappa shape index (κ3) is 3.97. The Bertz CT molecular complexity index is 679. The zero-order chi connectivity index (χ0) is 16.2. The molecule has 0 spiro atoms. The summed E-state index contributed by atoms with van der Waals surface area (Å²) in [4.78, 5) is 12.7. The molecule has 1 aromatic heterocycles. The van der Waals surface area contributed by atoms with Crippen molar-refractivity contribution in [1.29, 1.82) is 0 Å². The van der Waals surface area contributed by atoms with Gasteiger partial charge in [-0.1, -0.05) is 15.9 Å². The second-order valence-electron chi connectivity index (χ2n) is 5.43. The van der Waals surface area contributed by atoms with Gasteiger partial charge in [0.1, 0.15) is 23.8 Å². The number of halogens is 2. The summed E-state index contributed by atoms with van der Waals surface area (Å²) < 4.78 is 20.1. The van der Waals surface area contributed by atoms with Gasteiger partial charge >= 0.3 is 0 Å². The van der Waals surface area contributed by atoms with Gasteiger partial charge in [-0.3, -0.25) is 0 Å². The summed E-state index contributed by atoms with van der Waals surface area (Å²) in [5, 5.41) is 0. The maximum atomic E-state index is 13.9. The number of nitrogens with zero attached hydrogens (tertiary/aromatic N) is 4. The largest absolute Gasteiger partial charge is 0.378 e. The van der Waals surface area contributed by atoms with Crippen molar-refractivity contribution in [3.8, 4) is 0 Å². The zero-order valence-corrected chi connectivity index (χ0v) is 14.5. The van der Waals surface area contributed by atoms with Crippen LogP contribution in [-0.2, 0) is 11.3 Å². The molecule has 1 aromatic carbocycles. The summed E-state index contributed by atoms with van der Waals surface area (Å²) in [7, 11) is 1.89. The van der Waals surface area contributed by atoms with Crippen LogP contribution in [0.5, 0.6) is 0 Å². The van der Waals surface area contributed by atoms with Crippen molar-refractivity contribution in [2.45, 2.75) is 6.54 Å². The fraction of sp³-hybridized carbons (Fsp3) is 0.375. The van der Waals surface area contributed by atoms with E-state index in [0.29, 0.717) is 25.3 Å². The van der Waals surface area contributed by atoms with E-state index in [9.17, 15) is 4.39 Å². The molecule has 0 amide bonds. The lowest BCUT2D eigenvalue weighted by molar-refractivity contribution is 0.122. The molecule has 0 atom stereocenters. The van der Waals surface area contributed by atoms with Crippen molar-refractivity contribution in [1.82, 2.24) is 9.97 Å². The molecule has 1 aliphatic rings. The molecule has 0 bridgehead atoms. The lowest BCUT2D eigenvalue weighted by Crippen LogP contribution is -2.36. The first-order valence-electron chi connectivity index (χ1n) is 7.43. The molecule has 7 heteroatoms. The van der Waals surface area contributed by atoms with Crippen LogP contribution in [0.15, 0.2) is 35.1 Å². The standard InChI is InChI=1S/C16H18BrFN4O/c1-21(10-12-8-13(17)2-3-14(12)18)15-9-16(20-11-19-15)22-4-6-23-7-5-22/h2-3,8-9,11H,4-7,10H2,1H3. The summed E-state index contributed by atoms with van der Waals surface area (Å²) in [5.74, 6) is 1.42. The quantitative estimate of drug-likeness (QED) is 0.815. The maximum absolute atomic E-state index is 13.9. The lowest BCUT2D eigenvalue weighted by atomic mass is 10.2. The first-order valence-corrected chi connectivity index (χ1v) is 8.22. The Kier molecular flexibility index (Phi) is 5.07. The minimum Gasteiger partial charge on any atom is -0.378 e. The van der Waals surface area contributed by atoms with Gasteiger partial charge in [-0.2, -0.15) is 0 Å². The van der Waals surface area contributed by atoms with Gasteiger partial charge in [-0.25, -0.2) is 14.4 Å². The minimum atomic E-state index is -0.220. The molecule has 5 nitrogen and oxygen atoms in total. The van der Waals surface area contributed by atoms with Crippen LogP contribution < -0.4 is 9.80 Å². The number of anilines is 2. The molecular formula is C16H18BrFN4O. The summed E-state index contributed by atoms with van der Waals surface area (Å²) in [6.45, 7) is 3.49. The number of hydrogen-bond donors (Lipinski definition) is 0. The van der Waals surface area contributed by atoms with E-state index in [1.807, 2.05) is 18.0 Å². The number of rotatable bonds is 4. The highest BCUT2D eigenvalue weighted by atomic mass is 79.9. The summed E-state index contributed by atoms with van der Waals surface area (Å²) >= 11 is 3.38. The molecule has 0 aliphatic carbocycles. The Labute approximate surface area is 143 Å². The highest BCUT2D eigenvalue weighted by Crippen LogP contribution is 2.21. The zero-order valence-electron chi connectivity index (χ0n) is 12.9. The molecule has 0 saturated carbocycles. The van der Waals surface area contributed by atoms with Crippen molar-refractivity contribution in [3.63, 3.8) is 0 Å². The second-order valence-corrected chi connectivity index (χ2v) is 6.34. The first-order chi connectivity index (χ1) is 11.1. The number of benzene rings is 1. The van der Waals surface area contributed by atoms with E-state index in [0.717, 1.165) is 29.2 Å². The van der Waals surface area contributed by atoms with Crippen LogP contribution in [0, 0.1) is 5.82 Å². The Morgan fingerprint density at radius 2 is 2.04 bits per heavy atom. The normalized spacial score (nSPS) is 14.8. The van der Waals surface area contributed by atoms with Gasteiger partial charge in [0.25, 0.3) is 0 Å². The topological polar surface area (TPSA) is 41.5 Å². The van der Waals surface area contributed by atoms with Gasteiger partial charge in [-0.05, 0) is 18.2 Å². The number of aromatic nitrogens is 2. The molecule has 0 radical (unpaired) electrons. The Hall–Kier alpha value is -1.73. The number of morpholine rings is 1. The summed E-state index contributed by atoms with van der Waals surface area (Å²) in [6, 6.07) is 6.88. The Balaban J connectivity index is 1.76. The van der Waals surface area contributed by atoms with Gasteiger partial charge in [-0.15, -0.1) is 0 Å². The predicted molar refractivity (Wildman–Crippen MR) is 91.3 cm³/mol. The fourth-order valence-corrected chi connectivity index (χ4v) is 2.92. The van der Waals surface area contributed by atoms with Crippen LogP contribution in [0.4, 0.5) is 16.0 Å². The van der Waals surface area contributed by atoms with Crippen LogP contribution in [0.25, 0.3) is 0 Å². The molecular weight excluding hydrogens is 363 g/mol. The van der Waals surface area contributed by atoms with Crippen molar-refractivity contribution in [2.24, 2.45) is 0 Å². The molecule has 0 unspecified atom stereocenters. The van der Waals surface area contributed by atoms with Crippen molar-refractivity contribution < 1.29 is 9.13 Å². The smallest absolute Gasteiger partial charge is 0.134 e. The van der Waals surface area contributed by atoms with E-state index < -0.39 is 0 Å². The molecule has 2 aromatic rings. The predicted octanol–water partition coefficient (Wildman–Crippen LogP) is 2.85. The molecule has 1 fully saturated rings. The SMILES string of the molecule is CN(Cc1cc(Br)ccc1F)c1cc(N2CCOCC2)ncn1. The number of hydrogen-bond acceptors (Lipinski definition) is 5. The van der Waals surface area contributed by atoms with Crippen LogP contribution in [0.3, 0.4) is 0 Å². The van der Waals surface area contributed by atoms with Gasteiger partial charge in [0.2, 0.25) is 0 Å². The van der Waals surface area contributed by atoms with E-state index in [1.165, 1.54) is 6.07 Å². The van der Waals surface area contributed by atoms with Gasteiger partial charge in [0.05, 0.1) is 13.2 Å². The van der Waals surface area contributed by atoms with Crippen LogP contribution in [-0.4, -0.2) is 43.3 Å². The lowest BCUT2D eigenvalue weighted by Gasteiger charge is -2.28. The fourth-order valence-electron chi connectivity index (χ4n) is 2.51. The van der Waals surface area contributed by atoms with Crippen LogP contribution in [0.1, 0.15) is 5.56 Å². The molecule has 1 saturated heterocycles. The number of ether oxygens (including phenoxy) is 1. The van der Waals surface area contributed by atoms with Crippen molar-refractivity contribution >= 4 is 27.6 Å². The summed E-state index contributed by atoms with van der Waals surface area (Å²) in [5.41, 5.74) is 0.619. The molecule has 1 aliphatic heterocycles. The Morgan fingerprint density at radius 1 is 1.26 bits per heavy atom. The van der Waals surface area contributed by atoms with E-state index in [2.05, 4.69) is 30.8 Å². The molecule has 2 heterocycles. The van der Waals surface area contributed by atoms with Gasteiger partial charge in [0.15, 0.2) is 0 Å². The highest BCUT2D eigenvalue weighted by Gasteiger charge is 2.15. The summed E-state index contributed by atoms with van der Waals surface area (Å²) in [6.07, 6.45) is 1.55. The monoisotopic (exact) mass is 380 g/mol. The third-order valence-corrected chi connectivity index (χ3v) is 4.27. The first kappa shape index (κ1) is 16.1. The minimum absolute atomic E-state index is 0.220. The van der Waals surface area contributed by atoms with Gasteiger partial charge in [0, 0.05) is 42.8 Å². The van der Waals surface area contributed by atoms with Gasteiger partial charge < -0.3 is 14.5 Å². The maximum Gasteiger partial charge on any atom is 0.134 e. The third-order valence-electron chi connectivity index (χ3n) is 3.78. The van der Waals surface area contributed by atoms with Crippen molar-refractivity contribution in [3.05, 3.63) is 46.4 Å². The molecule has 3 rings (SSSR count). The van der Waals surface area contributed by atoms with E-state index in [1.54, 1.807) is 18.5 Å². The average molecular weight is 381 g/mol. The van der Waals surface area contributed by atoms with Crippen LogP contribution in [0.2, 0.25) is 0 Å². The average Bonchev–Trinajstić information content (AvgIpc) is 2.59. The highest BCUT2D eigenvalue weighted by molar-refractivity contribution is 9.10. The molecule has 23 heavy (non-hydrogen) atoms. The van der Waals surface area contributed by atoms with Crippen LogP contribution >= 0.6 is 15.9 Å². The van der Waals surface area contributed by atoms with E-state index in [4.69, 9.17) is 4.74 Å². The Morgan fingerprint density at radius 3 is 2.83 bits per heavy atom.